The van der Waals surface area contributed by atoms with Crippen LogP contribution in [0.5, 0.6) is 0 Å². The number of carbonyl (C=O) groups excluding carboxylic acids is 1. The molecule has 0 radical (unpaired) electrons. The summed E-state index contributed by atoms with van der Waals surface area (Å²) in [5.41, 5.74) is 4.96. The van der Waals surface area contributed by atoms with Gasteiger partial charge in [0.1, 0.15) is 17.7 Å². The number of hydrogen-bond donors (Lipinski definition) is 4. The van der Waals surface area contributed by atoms with E-state index in [0.29, 0.717) is 16.8 Å². The molecule has 0 aromatic carbocycles. The average Bonchev–Trinajstić information content (AvgIpc) is 2.35. The molecule has 100 valence electrons. The number of thioether (sulfide) groups is 1. The van der Waals surface area contributed by atoms with Gasteiger partial charge in [0.05, 0.1) is 6.54 Å². The van der Waals surface area contributed by atoms with Gasteiger partial charge in [-0.3, -0.25) is 4.79 Å². The third-order valence-electron chi connectivity index (χ3n) is 2.05. The fraction of sp³-hybridized carbons (Fsp3) is 0.500. The molecule has 18 heavy (non-hydrogen) atoms. The molecular formula is C10H17N5O2S. The number of anilines is 2. The summed E-state index contributed by atoms with van der Waals surface area (Å²) in [6.45, 7) is 2.73. The van der Waals surface area contributed by atoms with E-state index in [1.54, 1.807) is 6.07 Å². The van der Waals surface area contributed by atoms with Gasteiger partial charge in [-0.1, -0.05) is 11.8 Å². The van der Waals surface area contributed by atoms with E-state index in [-0.39, 0.29) is 6.54 Å². The van der Waals surface area contributed by atoms with Crippen molar-refractivity contribution in [3.8, 4) is 0 Å². The number of rotatable bonds is 7. The fourth-order valence-electron chi connectivity index (χ4n) is 1.18. The van der Waals surface area contributed by atoms with Crippen molar-refractivity contribution >= 4 is 29.3 Å². The summed E-state index contributed by atoms with van der Waals surface area (Å²) in [5, 5.41) is 15.8. The van der Waals surface area contributed by atoms with Gasteiger partial charge in [-0.2, -0.15) is 0 Å². The number of aliphatic hydroxyl groups is 1. The molecule has 1 aromatic heterocycles. The standard InChI is InChI=1S/C10H17N5O2S/c1-3-12-7-4-8(15-10(14-7)18-2)13-5-6(16)9(11)17/h4,6,16H,3,5H2,1-2H3,(H2,11,17)(H2,12,13,14,15). The highest BCUT2D eigenvalue weighted by molar-refractivity contribution is 7.98. The van der Waals surface area contributed by atoms with Crippen LogP contribution in [0, 0.1) is 0 Å². The molecule has 0 spiro atoms. The second-order valence-corrected chi connectivity index (χ2v) is 4.23. The Morgan fingerprint density at radius 1 is 1.50 bits per heavy atom. The highest BCUT2D eigenvalue weighted by Crippen LogP contribution is 2.17. The first kappa shape index (κ1) is 14.5. The zero-order chi connectivity index (χ0) is 13.5. The van der Waals surface area contributed by atoms with Crippen molar-refractivity contribution in [2.45, 2.75) is 18.2 Å². The molecule has 0 aliphatic carbocycles. The lowest BCUT2D eigenvalue weighted by Gasteiger charge is -2.11. The van der Waals surface area contributed by atoms with E-state index >= 15 is 0 Å². The molecule has 1 amide bonds. The van der Waals surface area contributed by atoms with Crippen LogP contribution in [0.15, 0.2) is 11.2 Å². The average molecular weight is 271 g/mol. The Bertz CT molecular complexity index is 415. The summed E-state index contributed by atoms with van der Waals surface area (Å²) in [7, 11) is 0. The fourth-order valence-corrected chi connectivity index (χ4v) is 1.56. The van der Waals surface area contributed by atoms with Crippen molar-refractivity contribution in [2.24, 2.45) is 5.73 Å². The quantitative estimate of drug-likeness (QED) is 0.404. The van der Waals surface area contributed by atoms with Crippen LogP contribution in [0.4, 0.5) is 11.6 Å². The molecule has 7 nitrogen and oxygen atoms in total. The van der Waals surface area contributed by atoms with Crippen LogP contribution in [0.3, 0.4) is 0 Å². The van der Waals surface area contributed by atoms with Gasteiger partial charge in [0.15, 0.2) is 5.16 Å². The SMILES string of the molecule is CCNc1cc(NCC(O)C(N)=O)nc(SC)n1. The highest BCUT2D eigenvalue weighted by atomic mass is 32.2. The van der Waals surface area contributed by atoms with Crippen molar-refractivity contribution in [2.75, 3.05) is 30.0 Å². The van der Waals surface area contributed by atoms with Gasteiger partial charge in [0.2, 0.25) is 5.91 Å². The predicted octanol–water partition coefficient (Wildman–Crippen LogP) is -0.112. The van der Waals surface area contributed by atoms with Gasteiger partial charge in [0.25, 0.3) is 0 Å². The van der Waals surface area contributed by atoms with Crippen molar-refractivity contribution in [1.29, 1.82) is 0 Å². The van der Waals surface area contributed by atoms with E-state index in [4.69, 9.17) is 5.73 Å². The van der Waals surface area contributed by atoms with Gasteiger partial charge in [-0.15, -0.1) is 0 Å². The summed E-state index contributed by atoms with van der Waals surface area (Å²) in [6.07, 6.45) is 0.632. The molecule has 0 saturated carbocycles. The molecule has 0 saturated heterocycles. The molecular weight excluding hydrogens is 254 g/mol. The van der Waals surface area contributed by atoms with Crippen molar-refractivity contribution in [1.82, 2.24) is 9.97 Å². The number of amides is 1. The number of nitrogens with two attached hydrogens (primary N) is 1. The molecule has 0 aliphatic heterocycles. The molecule has 8 heteroatoms. The van der Waals surface area contributed by atoms with Gasteiger partial charge < -0.3 is 21.5 Å². The van der Waals surface area contributed by atoms with Crippen molar-refractivity contribution in [3.63, 3.8) is 0 Å². The minimum Gasteiger partial charge on any atom is -0.381 e. The first-order valence-corrected chi connectivity index (χ1v) is 6.67. The second-order valence-electron chi connectivity index (χ2n) is 3.45. The number of aromatic nitrogens is 2. The highest BCUT2D eigenvalue weighted by Gasteiger charge is 2.11. The van der Waals surface area contributed by atoms with Gasteiger partial charge >= 0.3 is 0 Å². The Hall–Kier alpha value is -1.54. The first-order valence-electron chi connectivity index (χ1n) is 5.45. The van der Waals surface area contributed by atoms with E-state index in [1.807, 2.05) is 13.2 Å². The van der Waals surface area contributed by atoms with E-state index < -0.39 is 12.0 Å². The van der Waals surface area contributed by atoms with Crippen LogP contribution >= 0.6 is 11.8 Å². The minimum absolute atomic E-state index is 0.0196. The van der Waals surface area contributed by atoms with Gasteiger partial charge in [0, 0.05) is 12.6 Å². The molecule has 0 bridgehead atoms. The molecule has 1 rings (SSSR count). The first-order chi connectivity index (χ1) is 8.56. The number of nitrogens with one attached hydrogen (secondary N) is 2. The molecule has 1 heterocycles. The molecule has 0 aliphatic rings. The Labute approximate surface area is 110 Å². The van der Waals surface area contributed by atoms with Crippen LogP contribution in [0.25, 0.3) is 0 Å². The maximum absolute atomic E-state index is 10.7. The zero-order valence-electron chi connectivity index (χ0n) is 10.3. The van der Waals surface area contributed by atoms with Crippen LogP contribution in [-0.4, -0.2) is 46.4 Å². The monoisotopic (exact) mass is 271 g/mol. The second kappa shape index (κ2) is 7.02. The van der Waals surface area contributed by atoms with Crippen LogP contribution in [-0.2, 0) is 4.79 Å². The van der Waals surface area contributed by atoms with Crippen LogP contribution in [0.1, 0.15) is 6.92 Å². The van der Waals surface area contributed by atoms with Crippen LogP contribution < -0.4 is 16.4 Å². The maximum atomic E-state index is 10.7. The lowest BCUT2D eigenvalue weighted by molar-refractivity contribution is -0.125. The maximum Gasteiger partial charge on any atom is 0.248 e. The molecule has 1 unspecified atom stereocenters. The summed E-state index contributed by atoms with van der Waals surface area (Å²) in [6, 6.07) is 1.71. The van der Waals surface area contributed by atoms with E-state index in [2.05, 4.69) is 20.6 Å². The third kappa shape index (κ3) is 4.38. The van der Waals surface area contributed by atoms with E-state index in [0.717, 1.165) is 6.54 Å². The number of hydrogen-bond acceptors (Lipinski definition) is 7. The number of primary amides is 1. The summed E-state index contributed by atoms with van der Waals surface area (Å²) < 4.78 is 0. The minimum atomic E-state index is -1.24. The Balaban J connectivity index is 2.74. The number of nitrogens with zero attached hydrogens (tertiary/aromatic N) is 2. The lowest BCUT2D eigenvalue weighted by Crippen LogP contribution is -2.34. The van der Waals surface area contributed by atoms with Crippen molar-refractivity contribution in [3.05, 3.63) is 6.07 Å². The molecule has 1 aromatic rings. The number of aliphatic hydroxyl groups excluding tert-OH is 1. The smallest absolute Gasteiger partial charge is 0.248 e. The van der Waals surface area contributed by atoms with E-state index in [1.165, 1.54) is 11.8 Å². The Morgan fingerprint density at radius 2 is 2.11 bits per heavy atom. The topological polar surface area (TPSA) is 113 Å². The molecule has 5 N–H and O–H groups in total. The third-order valence-corrected chi connectivity index (χ3v) is 2.60. The van der Waals surface area contributed by atoms with Crippen molar-refractivity contribution < 1.29 is 9.90 Å². The summed E-state index contributed by atoms with van der Waals surface area (Å²) >= 11 is 1.41. The molecule has 1 atom stereocenters. The summed E-state index contributed by atoms with van der Waals surface area (Å²) in [5.74, 6) is 0.451. The largest absolute Gasteiger partial charge is 0.381 e. The normalized spacial score (nSPS) is 11.9. The van der Waals surface area contributed by atoms with Gasteiger partial charge in [-0.05, 0) is 13.2 Å². The summed E-state index contributed by atoms with van der Waals surface area (Å²) in [4.78, 5) is 19.1. The van der Waals surface area contributed by atoms with Crippen LogP contribution in [0.2, 0.25) is 0 Å². The van der Waals surface area contributed by atoms with E-state index in [9.17, 15) is 9.90 Å². The lowest BCUT2D eigenvalue weighted by atomic mass is 10.3. The predicted molar refractivity (Wildman–Crippen MR) is 71.7 cm³/mol. The Kier molecular flexibility index (Phi) is 5.66. The molecule has 0 fully saturated rings. The Morgan fingerprint density at radius 3 is 2.61 bits per heavy atom. The number of carbonyl (C=O) groups is 1. The zero-order valence-corrected chi connectivity index (χ0v) is 11.1. The van der Waals surface area contributed by atoms with Gasteiger partial charge in [-0.25, -0.2) is 9.97 Å².